The van der Waals surface area contributed by atoms with Crippen molar-refractivity contribution < 1.29 is 9.53 Å². The van der Waals surface area contributed by atoms with Crippen LogP contribution in [0.25, 0.3) is 0 Å². The maximum Gasteiger partial charge on any atom is 0.261 e. The summed E-state index contributed by atoms with van der Waals surface area (Å²) < 4.78 is 7.48. The average Bonchev–Trinajstić information content (AvgIpc) is 2.96. The molecule has 4 rings (SSSR count). The van der Waals surface area contributed by atoms with Crippen molar-refractivity contribution in [1.82, 2.24) is 0 Å². The molecule has 0 aliphatic rings. The third-order valence-corrected chi connectivity index (χ3v) is 17.5. The molecule has 40 heavy (non-hydrogen) atoms. The van der Waals surface area contributed by atoms with E-state index in [2.05, 4.69) is 131 Å². The second-order valence-corrected chi connectivity index (χ2v) is 21.4. The van der Waals surface area contributed by atoms with E-state index in [1.54, 1.807) is 0 Å². The van der Waals surface area contributed by atoms with Crippen molar-refractivity contribution in [2.45, 2.75) is 57.0 Å². The Morgan fingerprint density at radius 1 is 0.700 bits per heavy atom. The van der Waals surface area contributed by atoms with Crippen LogP contribution in [0, 0.1) is 0 Å². The van der Waals surface area contributed by atoms with Crippen LogP contribution in [0.5, 0.6) is 0 Å². The van der Waals surface area contributed by atoms with Crippen LogP contribution < -0.4 is 15.6 Å². The van der Waals surface area contributed by atoms with Crippen LogP contribution in [0.2, 0.25) is 23.7 Å². The molecule has 4 heteroatoms. The zero-order chi connectivity index (χ0) is 28.8. The lowest BCUT2D eigenvalue weighted by molar-refractivity contribution is 0.175. The predicted octanol–water partition coefficient (Wildman–Crippen LogP) is 7.23. The minimum absolute atomic E-state index is 0.108. The van der Waals surface area contributed by atoms with Gasteiger partial charge in [-0.15, -0.1) is 0 Å². The Labute approximate surface area is 243 Å². The molecule has 208 valence electrons. The van der Waals surface area contributed by atoms with E-state index in [1.165, 1.54) is 15.6 Å². The standard InChI is InChI=1S/C36H44O2Si2/c1-29(27-34(37)30-19-11-7-12-20-30)35(39(5,6)31-21-13-8-14-22-31)28-38-40(36(2,3)4,32-23-15-9-16-24-32)33-25-17-10-18-26-33/h7-26,34-35,37H,1,27-28H2,2-6H3/t34-,35+/m0/s1. The van der Waals surface area contributed by atoms with E-state index < -0.39 is 22.5 Å². The van der Waals surface area contributed by atoms with Crippen LogP contribution >= 0.6 is 0 Å². The molecule has 0 aliphatic carbocycles. The van der Waals surface area contributed by atoms with Crippen molar-refractivity contribution >= 4 is 32.0 Å². The highest BCUT2D eigenvalue weighted by Crippen LogP contribution is 2.40. The number of hydrogen-bond acceptors (Lipinski definition) is 2. The van der Waals surface area contributed by atoms with Crippen molar-refractivity contribution in [3.63, 3.8) is 0 Å². The maximum atomic E-state index is 11.2. The van der Waals surface area contributed by atoms with Crippen molar-refractivity contribution in [2.24, 2.45) is 0 Å². The molecule has 0 spiro atoms. The Morgan fingerprint density at radius 2 is 1.10 bits per heavy atom. The van der Waals surface area contributed by atoms with Gasteiger partial charge in [-0.2, -0.15) is 0 Å². The third kappa shape index (κ3) is 6.31. The minimum Gasteiger partial charge on any atom is -0.407 e. The molecule has 2 nitrogen and oxygen atoms in total. The molecule has 0 amide bonds. The molecule has 0 fully saturated rings. The highest BCUT2D eigenvalue weighted by molar-refractivity contribution is 6.99. The van der Waals surface area contributed by atoms with Crippen LogP contribution in [0.4, 0.5) is 0 Å². The van der Waals surface area contributed by atoms with Crippen molar-refractivity contribution in [2.75, 3.05) is 6.61 Å². The van der Waals surface area contributed by atoms with Crippen molar-refractivity contribution in [3.05, 3.63) is 139 Å². The first-order chi connectivity index (χ1) is 19.1. The lowest BCUT2D eigenvalue weighted by Gasteiger charge is -2.45. The zero-order valence-corrected chi connectivity index (χ0v) is 26.7. The summed E-state index contributed by atoms with van der Waals surface area (Å²) in [5, 5.41) is 15.0. The maximum absolute atomic E-state index is 11.2. The lowest BCUT2D eigenvalue weighted by atomic mass is 10.0. The summed E-state index contributed by atoms with van der Waals surface area (Å²) >= 11 is 0. The molecule has 4 aromatic rings. The minimum atomic E-state index is -2.72. The Kier molecular flexibility index (Phi) is 9.47. The number of hydrogen-bond donors (Lipinski definition) is 1. The normalized spacial score (nSPS) is 13.9. The van der Waals surface area contributed by atoms with E-state index in [1.807, 2.05) is 30.3 Å². The third-order valence-electron chi connectivity index (χ3n) is 8.40. The highest BCUT2D eigenvalue weighted by atomic mass is 28.4. The molecule has 1 N–H and O–H groups in total. The van der Waals surface area contributed by atoms with Gasteiger partial charge in [0.1, 0.15) is 0 Å². The largest absolute Gasteiger partial charge is 0.407 e. The summed E-state index contributed by atoms with van der Waals surface area (Å²) in [4.78, 5) is 0. The van der Waals surface area contributed by atoms with Gasteiger partial charge in [-0.05, 0) is 27.4 Å². The van der Waals surface area contributed by atoms with Gasteiger partial charge in [0.2, 0.25) is 0 Å². The highest BCUT2D eigenvalue weighted by Gasteiger charge is 2.51. The molecular formula is C36H44O2Si2. The molecule has 0 saturated carbocycles. The van der Waals surface area contributed by atoms with Crippen LogP contribution in [-0.2, 0) is 4.43 Å². The number of benzene rings is 4. The molecular weight excluding hydrogens is 521 g/mol. The van der Waals surface area contributed by atoms with Gasteiger partial charge in [0.25, 0.3) is 8.32 Å². The molecule has 0 radical (unpaired) electrons. The summed E-state index contributed by atoms with van der Waals surface area (Å²) in [7, 11) is -4.84. The number of aliphatic hydroxyl groups is 1. The van der Waals surface area contributed by atoms with Crippen LogP contribution in [-0.4, -0.2) is 28.1 Å². The summed E-state index contributed by atoms with van der Waals surface area (Å²) in [5.41, 5.74) is 2.11. The fraction of sp³-hybridized carbons (Fsp3) is 0.278. The van der Waals surface area contributed by atoms with Gasteiger partial charge in [-0.25, -0.2) is 0 Å². The van der Waals surface area contributed by atoms with E-state index in [0.29, 0.717) is 13.0 Å². The Hall–Kier alpha value is -3.03. The van der Waals surface area contributed by atoms with Crippen LogP contribution in [0.3, 0.4) is 0 Å². The van der Waals surface area contributed by atoms with Gasteiger partial charge >= 0.3 is 0 Å². The molecule has 0 aliphatic heterocycles. The Balaban J connectivity index is 1.77. The first-order valence-electron chi connectivity index (χ1n) is 14.3. The van der Waals surface area contributed by atoms with Gasteiger partial charge in [0, 0.05) is 12.1 Å². The molecule has 0 heterocycles. The fourth-order valence-electron chi connectivity index (χ4n) is 6.06. The van der Waals surface area contributed by atoms with E-state index in [9.17, 15) is 5.11 Å². The van der Waals surface area contributed by atoms with Crippen molar-refractivity contribution in [3.8, 4) is 0 Å². The van der Waals surface area contributed by atoms with E-state index in [0.717, 1.165) is 11.1 Å². The molecule has 0 aromatic heterocycles. The number of rotatable bonds is 11. The molecule has 0 bridgehead atoms. The Bertz CT molecular complexity index is 1310. The van der Waals surface area contributed by atoms with Gasteiger partial charge in [0.15, 0.2) is 0 Å². The van der Waals surface area contributed by atoms with Gasteiger partial charge in [-0.1, -0.05) is 173 Å². The molecule has 0 saturated heterocycles. The first-order valence-corrected chi connectivity index (χ1v) is 19.3. The molecule has 4 aromatic carbocycles. The summed E-state index contributed by atoms with van der Waals surface area (Å²) in [5.74, 6) is 0. The van der Waals surface area contributed by atoms with Gasteiger partial charge in [-0.3, -0.25) is 0 Å². The van der Waals surface area contributed by atoms with Crippen LogP contribution in [0.1, 0.15) is 38.9 Å². The SMILES string of the molecule is C=C(C[C@H](O)c1ccccc1)[C@@H](CO[Si](c1ccccc1)(c1ccccc1)C(C)(C)C)[Si](C)(C)c1ccccc1. The summed E-state index contributed by atoms with van der Waals surface area (Å²) in [6.45, 7) is 17.0. The lowest BCUT2D eigenvalue weighted by Crippen LogP contribution is -2.67. The quantitative estimate of drug-likeness (QED) is 0.154. The van der Waals surface area contributed by atoms with Gasteiger partial charge in [0.05, 0.1) is 14.2 Å². The average molecular weight is 565 g/mol. The van der Waals surface area contributed by atoms with Gasteiger partial charge < -0.3 is 9.53 Å². The fourth-order valence-corrected chi connectivity index (χ4v) is 13.9. The monoisotopic (exact) mass is 564 g/mol. The zero-order valence-electron chi connectivity index (χ0n) is 24.7. The van der Waals surface area contributed by atoms with E-state index in [4.69, 9.17) is 4.43 Å². The molecule has 2 atom stereocenters. The smallest absolute Gasteiger partial charge is 0.261 e. The summed E-state index contributed by atoms with van der Waals surface area (Å²) in [6.07, 6.45) is -0.0770. The van der Waals surface area contributed by atoms with E-state index >= 15 is 0 Å². The molecule has 0 unspecified atom stereocenters. The summed E-state index contributed by atoms with van der Waals surface area (Å²) in [6, 6.07) is 42.4. The topological polar surface area (TPSA) is 29.5 Å². The second kappa shape index (κ2) is 12.7. The number of aliphatic hydroxyl groups excluding tert-OH is 1. The predicted molar refractivity (Wildman–Crippen MR) is 176 cm³/mol. The van der Waals surface area contributed by atoms with Crippen molar-refractivity contribution in [1.29, 1.82) is 0 Å². The first kappa shape index (κ1) is 29.9. The second-order valence-electron chi connectivity index (χ2n) is 12.4. The van der Waals surface area contributed by atoms with E-state index in [-0.39, 0.29) is 10.6 Å². The Morgan fingerprint density at radius 3 is 1.52 bits per heavy atom. The van der Waals surface area contributed by atoms with Crippen LogP contribution in [0.15, 0.2) is 133 Å².